The normalized spacial score (nSPS) is 30.7. The van der Waals surface area contributed by atoms with Gasteiger partial charge in [-0.25, -0.2) is 14.4 Å². The topological polar surface area (TPSA) is 167 Å². The van der Waals surface area contributed by atoms with Crippen molar-refractivity contribution < 1.29 is 43.3 Å². The molecular formula is C38H53N5O9. The number of hydrogen-bond acceptors (Lipinski definition) is 9. The summed E-state index contributed by atoms with van der Waals surface area (Å²) in [6.07, 6.45) is 5.84. The minimum absolute atomic E-state index is 0.0166. The van der Waals surface area contributed by atoms with Crippen LogP contribution >= 0.6 is 0 Å². The van der Waals surface area contributed by atoms with E-state index in [1.807, 2.05) is 30.4 Å². The van der Waals surface area contributed by atoms with Gasteiger partial charge in [-0.1, -0.05) is 49.3 Å². The number of allylic oxidation sites excluding steroid dienone is 1. The molecule has 1 unspecified atom stereocenters. The van der Waals surface area contributed by atoms with Gasteiger partial charge in [-0.3, -0.25) is 19.4 Å². The number of hydrogen-bond donors (Lipinski definition) is 3. The lowest BCUT2D eigenvalue weighted by Crippen LogP contribution is -2.56. The third-order valence-corrected chi connectivity index (χ3v) is 10.8. The first-order valence-electron chi connectivity index (χ1n) is 18.7. The largest absolute Gasteiger partial charge is 0.479 e. The lowest BCUT2D eigenvalue weighted by atomic mass is 9.92. The summed E-state index contributed by atoms with van der Waals surface area (Å²) in [6.45, 7) is 8.92. The maximum Gasteiger partial charge on any atom is 0.410 e. The second kappa shape index (κ2) is 15.8. The van der Waals surface area contributed by atoms with Gasteiger partial charge in [-0.15, -0.1) is 0 Å². The fourth-order valence-electron chi connectivity index (χ4n) is 7.90. The number of carboxylic acid groups (broad SMARTS) is 1. The second-order valence-electron chi connectivity index (χ2n) is 15.7. The second-order valence-corrected chi connectivity index (χ2v) is 15.7. The van der Waals surface area contributed by atoms with E-state index in [4.69, 9.17) is 14.2 Å². The van der Waals surface area contributed by atoms with Gasteiger partial charge in [-0.05, 0) is 64.0 Å². The molecule has 6 atom stereocenters. The molecular weight excluding hydrogens is 670 g/mol. The van der Waals surface area contributed by atoms with E-state index in [-0.39, 0.29) is 31.3 Å². The van der Waals surface area contributed by atoms with Crippen LogP contribution in [0.15, 0.2) is 36.4 Å². The van der Waals surface area contributed by atoms with E-state index >= 15 is 0 Å². The number of fused-ring (bicyclic) bond motifs is 3. The molecule has 0 spiro atoms. The first-order chi connectivity index (χ1) is 24.8. The van der Waals surface area contributed by atoms with Crippen LogP contribution in [-0.4, -0.2) is 125 Å². The monoisotopic (exact) mass is 723 g/mol. The highest BCUT2D eigenvalue weighted by Gasteiger charge is 2.61. The van der Waals surface area contributed by atoms with Gasteiger partial charge in [0, 0.05) is 38.5 Å². The van der Waals surface area contributed by atoms with E-state index in [0.717, 1.165) is 37.9 Å². The molecule has 1 saturated carbocycles. The lowest BCUT2D eigenvalue weighted by Gasteiger charge is -2.40. The van der Waals surface area contributed by atoms with Crippen molar-refractivity contribution in [2.45, 2.75) is 108 Å². The van der Waals surface area contributed by atoms with E-state index < -0.39 is 59.3 Å². The van der Waals surface area contributed by atoms with Crippen LogP contribution in [0.3, 0.4) is 0 Å². The van der Waals surface area contributed by atoms with Crippen LogP contribution in [0, 0.1) is 5.92 Å². The lowest BCUT2D eigenvalue weighted by molar-refractivity contribution is -0.145. The Kier molecular flexibility index (Phi) is 11.4. The molecule has 0 radical (unpaired) electrons. The van der Waals surface area contributed by atoms with Crippen molar-refractivity contribution >= 4 is 30.0 Å². The molecule has 3 N–H and O–H groups in total. The summed E-state index contributed by atoms with van der Waals surface area (Å²) in [7, 11) is 0. The maximum atomic E-state index is 14.3. The molecule has 284 valence electrons. The highest BCUT2D eigenvalue weighted by molar-refractivity contribution is 5.96. The van der Waals surface area contributed by atoms with Crippen LogP contribution in [0.1, 0.15) is 82.9 Å². The molecule has 0 aromatic heterocycles. The molecule has 1 aromatic carbocycles. The first kappa shape index (κ1) is 37.6. The predicted octanol–water partition coefficient (Wildman–Crippen LogP) is 3.40. The Hall–Kier alpha value is -4.17. The summed E-state index contributed by atoms with van der Waals surface area (Å²) in [5, 5.41) is 15.7. The maximum absolute atomic E-state index is 14.3. The summed E-state index contributed by atoms with van der Waals surface area (Å²) in [4.78, 5) is 73.2. The quantitative estimate of drug-likeness (QED) is 0.384. The number of morpholine rings is 1. The predicted molar refractivity (Wildman–Crippen MR) is 189 cm³/mol. The van der Waals surface area contributed by atoms with E-state index in [9.17, 15) is 29.1 Å². The molecule has 1 aromatic rings. The standard InChI is InChI=1S/C38H53N5O9/c1-37(2,3)52-35(48)39-29-14-8-6-4-5-7-12-26-22-38(26,34(46)47)40-32(44)30-21-27(23-43(30)33(29)45)51-36(49)42-16-15-25-11-9-10-13-28(25)31(42)24-41-17-19-50-20-18-41/h7,9-13,26-27,29-31H,4-6,8,14-24H2,1-3H3,(H,39,48)(H,40,44)(H,46,47)/b12-7-/t26-,27-,29+,30+,31?,38-/m1/s1. The number of nitrogens with one attached hydrogen (secondary N) is 2. The van der Waals surface area contributed by atoms with Gasteiger partial charge in [-0.2, -0.15) is 0 Å². The zero-order valence-corrected chi connectivity index (χ0v) is 30.5. The fraction of sp³-hybridized carbons (Fsp3) is 0.658. The van der Waals surface area contributed by atoms with Crippen LogP contribution < -0.4 is 10.6 Å². The molecule has 1 aliphatic carbocycles. The average molecular weight is 724 g/mol. The number of carbonyl (C=O) groups excluding carboxylic acids is 4. The highest BCUT2D eigenvalue weighted by Crippen LogP contribution is 2.45. The van der Waals surface area contributed by atoms with Gasteiger partial charge in [0.2, 0.25) is 11.8 Å². The Balaban J connectivity index is 1.24. The number of carboxylic acids is 1. The molecule has 4 amide bonds. The Morgan fingerprint density at radius 3 is 2.60 bits per heavy atom. The molecule has 0 bridgehead atoms. The van der Waals surface area contributed by atoms with Crippen molar-refractivity contribution in [3.05, 3.63) is 47.5 Å². The van der Waals surface area contributed by atoms with Crippen molar-refractivity contribution in [1.29, 1.82) is 0 Å². The smallest absolute Gasteiger partial charge is 0.410 e. The van der Waals surface area contributed by atoms with E-state index in [2.05, 4.69) is 21.6 Å². The third-order valence-electron chi connectivity index (χ3n) is 10.8. The van der Waals surface area contributed by atoms with Crippen molar-refractivity contribution in [1.82, 2.24) is 25.3 Å². The van der Waals surface area contributed by atoms with Gasteiger partial charge in [0.25, 0.3) is 0 Å². The van der Waals surface area contributed by atoms with Gasteiger partial charge in [0.15, 0.2) is 0 Å². The van der Waals surface area contributed by atoms with Crippen LogP contribution in [0.25, 0.3) is 0 Å². The first-order valence-corrected chi connectivity index (χ1v) is 18.7. The molecule has 6 rings (SSSR count). The average Bonchev–Trinajstić information content (AvgIpc) is 3.64. The molecule has 14 nitrogen and oxygen atoms in total. The van der Waals surface area contributed by atoms with E-state index in [1.165, 1.54) is 10.5 Å². The Bertz CT molecular complexity index is 1540. The molecule has 4 aliphatic heterocycles. The molecule has 52 heavy (non-hydrogen) atoms. The van der Waals surface area contributed by atoms with Crippen LogP contribution in [-0.2, 0) is 35.0 Å². The van der Waals surface area contributed by atoms with Gasteiger partial charge >= 0.3 is 18.2 Å². The Morgan fingerprint density at radius 1 is 1.08 bits per heavy atom. The minimum atomic E-state index is -1.47. The molecule has 3 fully saturated rings. The zero-order chi connectivity index (χ0) is 37.0. The number of benzene rings is 1. The molecule has 4 heterocycles. The summed E-state index contributed by atoms with van der Waals surface area (Å²) in [5.41, 5.74) is -0.0223. The minimum Gasteiger partial charge on any atom is -0.479 e. The molecule has 14 heteroatoms. The van der Waals surface area contributed by atoms with Crippen LogP contribution in [0.5, 0.6) is 0 Å². The van der Waals surface area contributed by atoms with Crippen LogP contribution in [0.4, 0.5) is 9.59 Å². The zero-order valence-electron chi connectivity index (χ0n) is 30.5. The van der Waals surface area contributed by atoms with Gasteiger partial charge < -0.3 is 34.9 Å². The number of ether oxygens (including phenoxy) is 3. The fourth-order valence-corrected chi connectivity index (χ4v) is 7.90. The van der Waals surface area contributed by atoms with E-state index in [1.54, 1.807) is 25.7 Å². The Labute approximate surface area is 305 Å². The highest BCUT2D eigenvalue weighted by atomic mass is 16.6. The number of amides is 4. The number of alkyl carbamates (subject to hydrolysis) is 1. The summed E-state index contributed by atoms with van der Waals surface area (Å²) in [5.74, 6) is -2.65. The van der Waals surface area contributed by atoms with Crippen molar-refractivity contribution in [2.24, 2.45) is 5.92 Å². The summed E-state index contributed by atoms with van der Waals surface area (Å²) in [6, 6.07) is 5.72. The Morgan fingerprint density at radius 2 is 1.85 bits per heavy atom. The number of rotatable bonds is 5. The van der Waals surface area contributed by atoms with Crippen LogP contribution in [0.2, 0.25) is 0 Å². The molecule has 2 saturated heterocycles. The SMILES string of the molecule is CC(C)(C)OC(=O)N[C@H]1CCCCC/C=C\[C@@H]2C[C@@]2(C(=O)O)NC(=O)[C@@H]2C[C@@H](OC(=O)N3CCc4ccccc4C3CN3CCOCC3)CN2C1=O. The number of nitrogens with zero attached hydrogens (tertiary/aromatic N) is 3. The van der Waals surface area contributed by atoms with Gasteiger partial charge in [0.1, 0.15) is 29.3 Å². The molecule has 5 aliphatic rings. The number of carbonyl (C=O) groups is 5. The summed E-state index contributed by atoms with van der Waals surface area (Å²) < 4.78 is 17.2. The van der Waals surface area contributed by atoms with E-state index in [0.29, 0.717) is 45.6 Å². The number of aliphatic carboxylic acids is 1. The van der Waals surface area contributed by atoms with Crippen molar-refractivity contribution in [3.63, 3.8) is 0 Å². The summed E-state index contributed by atoms with van der Waals surface area (Å²) >= 11 is 0. The van der Waals surface area contributed by atoms with Crippen molar-refractivity contribution in [3.8, 4) is 0 Å². The van der Waals surface area contributed by atoms with Gasteiger partial charge in [0.05, 0.1) is 25.8 Å². The van der Waals surface area contributed by atoms with Crippen molar-refractivity contribution in [2.75, 3.05) is 45.9 Å². The third kappa shape index (κ3) is 8.71.